The fraction of sp³-hybridized carbons (Fsp3) is 0.227. The number of methoxy groups -OCH3 is 1. The number of ether oxygens (including phenoxy) is 1. The number of aromatic amines is 2. The fourth-order valence-electron chi connectivity index (χ4n) is 3.33. The average Bonchev–Trinajstić information content (AvgIpc) is 3.16. The second-order valence-electron chi connectivity index (χ2n) is 7.07. The summed E-state index contributed by atoms with van der Waals surface area (Å²) in [6.07, 6.45) is 3.41. The van der Waals surface area contributed by atoms with Gasteiger partial charge in [0.2, 0.25) is 0 Å². The van der Waals surface area contributed by atoms with Gasteiger partial charge in [0.05, 0.1) is 23.6 Å². The summed E-state index contributed by atoms with van der Waals surface area (Å²) in [7, 11) is 3.78. The lowest BCUT2D eigenvalue weighted by Gasteiger charge is -2.15. The van der Waals surface area contributed by atoms with Crippen LogP contribution in [0.5, 0.6) is 0 Å². The van der Waals surface area contributed by atoms with Crippen LogP contribution >= 0.6 is 0 Å². The normalized spacial score (nSPS) is 11.4. The van der Waals surface area contributed by atoms with Crippen LogP contribution in [-0.2, 0) is 11.3 Å². The van der Waals surface area contributed by atoms with Gasteiger partial charge in [0.25, 0.3) is 5.56 Å². The number of hydrogen-bond donors (Lipinski definition) is 2. The Hall–Kier alpha value is -3.29. The van der Waals surface area contributed by atoms with Crippen LogP contribution in [0.3, 0.4) is 0 Å². The van der Waals surface area contributed by atoms with E-state index >= 15 is 0 Å². The highest BCUT2D eigenvalue weighted by molar-refractivity contribution is 5.86. The second-order valence-corrected chi connectivity index (χ2v) is 7.07. The summed E-state index contributed by atoms with van der Waals surface area (Å²) in [4.78, 5) is 22.0. The molecule has 0 amide bonds. The molecule has 3 aromatic heterocycles. The number of benzene rings is 1. The van der Waals surface area contributed by atoms with Crippen molar-refractivity contribution in [1.82, 2.24) is 25.1 Å². The Morgan fingerprint density at radius 1 is 1.10 bits per heavy atom. The van der Waals surface area contributed by atoms with E-state index in [1.807, 2.05) is 18.2 Å². The van der Waals surface area contributed by atoms with Crippen molar-refractivity contribution in [3.8, 4) is 22.5 Å². The van der Waals surface area contributed by atoms with E-state index in [-0.39, 0.29) is 5.56 Å². The van der Waals surface area contributed by atoms with Gasteiger partial charge >= 0.3 is 0 Å². The Labute approximate surface area is 168 Å². The van der Waals surface area contributed by atoms with Gasteiger partial charge in [-0.2, -0.15) is 5.10 Å². The van der Waals surface area contributed by atoms with Gasteiger partial charge in [-0.25, -0.2) is 5.10 Å². The van der Waals surface area contributed by atoms with Gasteiger partial charge < -0.3 is 9.72 Å². The number of pyridine rings is 1. The lowest BCUT2D eigenvalue weighted by atomic mass is 10.1. The number of aromatic nitrogens is 4. The highest BCUT2D eigenvalue weighted by Gasteiger charge is 2.11. The first-order chi connectivity index (χ1) is 14.1. The summed E-state index contributed by atoms with van der Waals surface area (Å²) < 4.78 is 5.14. The number of rotatable bonds is 7. The zero-order valence-corrected chi connectivity index (χ0v) is 16.5. The maximum atomic E-state index is 12.4. The molecule has 0 saturated carbocycles. The number of nitrogens with one attached hydrogen (secondary N) is 2. The van der Waals surface area contributed by atoms with E-state index in [1.54, 1.807) is 25.6 Å². The largest absolute Gasteiger partial charge is 0.383 e. The van der Waals surface area contributed by atoms with E-state index in [1.165, 1.54) is 5.56 Å². The zero-order chi connectivity index (χ0) is 20.2. The molecule has 0 aliphatic heterocycles. The maximum Gasteiger partial charge on any atom is 0.273 e. The number of H-pyrrole nitrogens is 2. The molecule has 0 spiro atoms. The van der Waals surface area contributed by atoms with Crippen molar-refractivity contribution in [3.05, 3.63) is 70.8 Å². The molecular formula is C22H23N5O2. The molecule has 0 radical (unpaired) electrons. The van der Waals surface area contributed by atoms with Gasteiger partial charge in [0, 0.05) is 49.1 Å². The van der Waals surface area contributed by atoms with Crippen molar-refractivity contribution in [3.63, 3.8) is 0 Å². The molecule has 148 valence electrons. The van der Waals surface area contributed by atoms with E-state index in [9.17, 15) is 4.79 Å². The SMILES string of the molecule is COCCN(C)Cc1ccc2cc(-c3cc(-c4ccncc4)n[nH]c3=O)[nH]c2c1. The highest BCUT2D eigenvalue weighted by Crippen LogP contribution is 2.25. The van der Waals surface area contributed by atoms with E-state index < -0.39 is 0 Å². The molecule has 0 bridgehead atoms. The number of fused-ring (bicyclic) bond motifs is 1. The standard InChI is InChI=1S/C22H23N5O2/c1-27(9-10-29-2)14-15-3-4-17-12-21(24-19(17)11-15)18-13-20(25-26-22(18)28)16-5-7-23-8-6-16/h3-8,11-13,24H,9-10,14H2,1-2H3,(H,26,28). The van der Waals surface area contributed by atoms with Crippen molar-refractivity contribution in [2.75, 3.05) is 27.3 Å². The van der Waals surface area contributed by atoms with Crippen LogP contribution in [0.15, 0.2) is 59.7 Å². The number of hydrogen-bond acceptors (Lipinski definition) is 5. The van der Waals surface area contributed by atoms with E-state index in [0.717, 1.165) is 35.2 Å². The minimum Gasteiger partial charge on any atom is -0.383 e. The Bertz CT molecular complexity index is 1170. The van der Waals surface area contributed by atoms with Crippen molar-refractivity contribution < 1.29 is 4.74 Å². The van der Waals surface area contributed by atoms with Gasteiger partial charge in [-0.1, -0.05) is 12.1 Å². The molecule has 4 rings (SSSR count). The van der Waals surface area contributed by atoms with Gasteiger partial charge in [-0.15, -0.1) is 0 Å². The molecule has 29 heavy (non-hydrogen) atoms. The molecule has 0 atom stereocenters. The molecule has 2 N–H and O–H groups in total. The summed E-state index contributed by atoms with van der Waals surface area (Å²) in [6.45, 7) is 2.40. The molecule has 7 heteroatoms. The third kappa shape index (κ3) is 4.26. The van der Waals surface area contributed by atoms with Gasteiger partial charge in [0.1, 0.15) is 0 Å². The number of nitrogens with zero attached hydrogens (tertiary/aromatic N) is 3. The van der Waals surface area contributed by atoms with Crippen molar-refractivity contribution in [2.45, 2.75) is 6.54 Å². The third-order valence-electron chi connectivity index (χ3n) is 4.89. The summed E-state index contributed by atoms with van der Waals surface area (Å²) in [5, 5.41) is 7.83. The van der Waals surface area contributed by atoms with Crippen LogP contribution in [0, 0.1) is 0 Å². The van der Waals surface area contributed by atoms with Crippen LogP contribution in [-0.4, -0.2) is 52.4 Å². The molecule has 0 saturated heterocycles. The molecule has 0 aliphatic rings. The molecule has 3 heterocycles. The molecule has 4 aromatic rings. The van der Waals surface area contributed by atoms with Gasteiger partial charge in [-0.05, 0) is 42.9 Å². The lowest BCUT2D eigenvalue weighted by molar-refractivity contribution is 0.158. The Kier molecular flexibility index (Phi) is 5.50. The maximum absolute atomic E-state index is 12.4. The molecular weight excluding hydrogens is 366 g/mol. The Morgan fingerprint density at radius 3 is 2.72 bits per heavy atom. The summed E-state index contributed by atoms with van der Waals surface area (Å²) >= 11 is 0. The van der Waals surface area contributed by atoms with Crippen LogP contribution in [0.4, 0.5) is 0 Å². The van der Waals surface area contributed by atoms with Crippen LogP contribution in [0.1, 0.15) is 5.56 Å². The average molecular weight is 389 g/mol. The van der Waals surface area contributed by atoms with Crippen LogP contribution in [0.25, 0.3) is 33.4 Å². The topological polar surface area (TPSA) is 86.9 Å². The lowest BCUT2D eigenvalue weighted by Crippen LogP contribution is -2.22. The first kappa shape index (κ1) is 19.0. The van der Waals surface area contributed by atoms with E-state index in [0.29, 0.717) is 17.9 Å². The quantitative estimate of drug-likeness (QED) is 0.507. The van der Waals surface area contributed by atoms with Crippen molar-refractivity contribution >= 4 is 10.9 Å². The van der Waals surface area contributed by atoms with Crippen LogP contribution in [0.2, 0.25) is 0 Å². The van der Waals surface area contributed by atoms with Crippen LogP contribution < -0.4 is 5.56 Å². The fourth-order valence-corrected chi connectivity index (χ4v) is 3.33. The minimum absolute atomic E-state index is 0.228. The van der Waals surface area contributed by atoms with Crippen molar-refractivity contribution in [1.29, 1.82) is 0 Å². The molecule has 7 nitrogen and oxygen atoms in total. The molecule has 1 aromatic carbocycles. The summed E-state index contributed by atoms with van der Waals surface area (Å²) in [5.74, 6) is 0. The predicted octanol–water partition coefficient (Wildman–Crippen LogP) is 3.06. The predicted molar refractivity (Wildman–Crippen MR) is 114 cm³/mol. The van der Waals surface area contributed by atoms with Crippen molar-refractivity contribution in [2.24, 2.45) is 0 Å². The summed E-state index contributed by atoms with van der Waals surface area (Å²) in [5.41, 5.74) is 4.89. The highest BCUT2D eigenvalue weighted by atomic mass is 16.5. The summed E-state index contributed by atoms with van der Waals surface area (Å²) in [6, 6.07) is 13.8. The third-order valence-corrected chi connectivity index (χ3v) is 4.89. The Balaban J connectivity index is 1.65. The first-order valence-corrected chi connectivity index (χ1v) is 9.43. The number of likely N-dealkylation sites (N-methyl/N-ethyl adjacent to an activating group) is 1. The van der Waals surface area contributed by atoms with Gasteiger partial charge in [-0.3, -0.25) is 14.7 Å². The molecule has 0 unspecified atom stereocenters. The first-order valence-electron chi connectivity index (χ1n) is 9.43. The second kappa shape index (κ2) is 8.38. The zero-order valence-electron chi connectivity index (χ0n) is 16.5. The monoisotopic (exact) mass is 389 g/mol. The van der Waals surface area contributed by atoms with E-state index in [4.69, 9.17) is 4.74 Å². The Morgan fingerprint density at radius 2 is 1.93 bits per heavy atom. The molecule has 0 aliphatic carbocycles. The molecule has 0 fully saturated rings. The minimum atomic E-state index is -0.228. The van der Waals surface area contributed by atoms with E-state index in [2.05, 4.69) is 50.3 Å². The van der Waals surface area contributed by atoms with Gasteiger partial charge in [0.15, 0.2) is 0 Å². The smallest absolute Gasteiger partial charge is 0.273 e.